The predicted octanol–water partition coefficient (Wildman–Crippen LogP) is 3.69. The third kappa shape index (κ3) is 5.12. The standard InChI is InChI=1S/C21H18N2O3S/c24-17-11-7-10-16(14-17)20(25)22-23-21(26)19(15-8-3-1-4-9-15)27-18-12-5-2-6-13-18/h1-14,19,24H,(H,22,25)(H,23,26)/t19-/m1/s1. The molecule has 6 heteroatoms. The lowest BCUT2D eigenvalue weighted by Gasteiger charge is -2.17. The second-order valence-corrected chi connectivity index (χ2v) is 6.89. The number of phenols is 1. The maximum atomic E-state index is 12.8. The fourth-order valence-electron chi connectivity index (χ4n) is 2.44. The van der Waals surface area contributed by atoms with Crippen molar-refractivity contribution < 1.29 is 14.7 Å². The predicted molar refractivity (Wildman–Crippen MR) is 105 cm³/mol. The number of nitrogens with one attached hydrogen (secondary N) is 2. The molecule has 1 atom stereocenters. The molecule has 3 rings (SSSR count). The quantitative estimate of drug-likeness (QED) is 0.467. The van der Waals surface area contributed by atoms with E-state index >= 15 is 0 Å². The number of hydrogen-bond acceptors (Lipinski definition) is 4. The zero-order valence-electron chi connectivity index (χ0n) is 14.3. The van der Waals surface area contributed by atoms with Gasteiger partial charge >= 0.3 is 0 Å². The fraction of sp³-hybridized carbons (Fsp3) is 0.0476. The Morgan fingerprint density at radius 2 is 1.48 bits per heavy atom. The number of rotatable bonds is 5. The molecule has 0 heterocycles. The largest absolute Gasteiger partial charge is 0.508 e. The molecule has 27 heavy (non-hydrogen) atoms. The first-order valence-electron chi connectivity index (χ1n) is 8.29. The average molecular weight is 378 g/mol. The van der Waals surface area contributed by atoms with Crippen LogP contribution in [0.25, 0.3) is 0 Å². The van der Waals surface area contributed by atoms with Gasteiger partial charge in [0.05, 0.1) is 0 Å². The van der Waals surface area contributed by atoms with Gasteiger partial charge in [0.15, 0.2) is 0 Å². The molecule has 5 nitrogen and oxygen atoms in total. The Morgan fingerprint density at radius 3 is 2.15 bits per heavy atom. The molecule has 0 fully saturated rings. The summed E-state index contributed by atoms with van der Waals surface area (Å²) in [5.74, 6) is -0.866. The van der Waals surface area contributed by atoms with Crippen LogP contribution in [0.15, 0.2) is 89.8 Å². The minimum Gasteiger partial charge on any atom is -0.508 e. The highest BCUT2D eigenvalue weighted by molar-refractivity contribution is 8.00. The molecule has 0 bridgehead atoms. The minimum atomic E-state index is -0.530. The van der Waals surface area contributed by atoms with Gasteiger partial charge < -0.3 is 5.11 Å². The van der Waals surface area contributed by atoms with Crippen LogP contribution in [0.3, 0.4) is 0 Å². The molecular formula is C21H18N2O3S. The fourth-order valence-corrected chi connectivity index (χ4v) is 3.48. The third-order valence-electron chi connectivity index (χ3n) is 3.75. The van der Waals surface area contributed by atoms with Crippen molar-refractivity contribution in [2.75, 3.05) is 0 Å². The van der Waals surface area contributed by atoms with Gasteiger partial charge in [-0.15, -0.1) is 11.8 Å². The van der Waals surface area contributed by atoms with E-state index in [1.165, 1.54) is 23.9 Å². The van der Waals surface area contributed by atoms with Gasteiger partial charge in [0.25, 0.3) is 11.8 Å². The van der Waals surface area contributed by atoms with E-state index in [4.69, 9.17) is 0 Å². The Hall–Kier alpha value is -3.25. The Balaban J connectivity index is 1.72. The van der Waals surface area contributed by atoms with Gasteiger partial charge in [-0.3, -0.25) is 20.4 Å². The van der Waals surface area contributed by atoms with Crippen molar-refractivity contribution in [3.63, 3.8) is 0 Å². The molecule has 0 aliphatic rings. The Morgan fingerprint density at radius 1 is 0.815 bits per heavy atom. The van der Waals surface area contributed by atoms with Crippen LogP contribution in [-0.4, -0.2) is 16.9 Å². The summed E-state index contributed by atoms with van der Waals surface area (Å²) in [6, 6.07) is 24.9. The van der Waals surface area contributed by atoms with Crippen LogP contribution in [0.4, 0.5) is 0 Å². The van der Waals surface area contributed by atoms with Crippen molar-refractivity contribution in [2.24, 2.45) is 0 Å². The molecule has 136 valence electrons. The van der Waals surface area contributed by atoms with Gasteiger partial charge in [-0.25, -0.2) is 0 Å². The van der Waals surface area contributed by atoms with Gasteiger partial charge in [-0.2, -0.15) is 0 Å². The van der Waals surface area contributed by atoms with Crippen LogP contribution >= 0.6 is 11.8 Å². The van der Waals surface area contributed by atoms with Crippen molar-refractivity contribution in [1.82, 2.24) is 10.9 Å². The highest BCUT2D eigenvalue weighted by Crippen LogP contribution is 2.35. The molecule has 0 unspecified atom stereocenters. The van der Waals surface area contributed by atoms with Crippen LogP contribution in [-0.2, 0) is 4.79 Å². The van der Waals surface area contributed by atoms with Crippen molar-refractivity contribution in [3.05, 3.63) is 96.1 Å². The highest BCUT2D eigenvalue weighted by Gasteiger charge is 2.22. The first kappa shape index (κ1) is 18.5. The summed E-state index contributed by atoms with van der Waals surface area (Å²) in [5.41, 5.74) is 5.96. The number of carbonyl (C=O) groups excluding carboxylic acids is 2. The number of benzene rings is 3. The lowest BCUT2D eigenvalue weighted by molar-refractivity contribution is -0.121. The second-order valence-electron chi connectivity index (χ2n) is 5.72. The highest BCUT2D eigenvalue weighted by atomic mass is 32.2. The zero-order chi connectivity index (χ0) is 19.1. The SMILES string of the molecule is O=C(NNC(=O)[C@H](Sc1ccccc1)c1ccccc1)c1cccc(O)c1. The normalized spacial score (nSPS) is 11.4. The Bertz CT molecular complexity index is 917. The maximum Gasteiger partial charge on any atom is 0.269 e. The smallest absolute Gasteiger partial charge is 0.269 e. The summed E-state index contributed by atoms with van der Waals surface area (Å²) in [6.07, 6.45) is 0. The van der Waals surface area contributed by atoms with E-state index in [1.54, 1.807) is 12.1 Å². The molecule has 3 aromatic rings. The van der Waals surface area contributed by atoms with Crippen LogP contribution in [0, 0.1) is 0 Å². The first-order valence-corrected chi connectivity index (χ1v) is 9.17. The second kappa shape index (κ2) is 8.91. The average Bonchev–Trinajstić information content (AvgIpc) is 2.71. The number of hydrazine groups is 1. The van der Waals surface area contributed by atoms with Gasteiger partial charge in [0.1, 0.15) is 11.0 Å². The lowest BCUT2D eigenvalue weighted by atomic mass is 10.1. The van der Waals surface area contributed by atoms with Gasteiger partial charge in [-0.05, 0) is 35.9 Å². The monoisotopic (exact) mass is 378 g/mol. The van der Waals surface area contributed by atoms with Crippen LogP contribution < -0.4 is 10.9 Å². The molecular weight excluding hydrogens is 360 g/mol. The summed E-state index contributed by atoms with van der Waals surface area (Å²) < 4.78 is 0. The molecule has 0 radical (unpaired) electrons. The number of hydrogen-bond donors (Lipinski definition) is 3. The van der Waals surface area contributed by atoms with E-state index in [0.29, 0.717) is 0 Å². The molecule has 0 saturated carbocycles. The Kier molecular flexibility index (Phi) is 6.12. The summed E-state index contributed by atoms with van der Waals surface area (Å²) in [7, 11) is 0. The number of phenolic OH excluding ortho intramolecular Hbond substituents is 1. The van der Waals surface area contributed by atoms with E-state index in [2.05, 4.69) is 10.9 Å². The number of amides is 2. The molecule has 0 aliphatic carbocycles. The van der Waals surface area contributed by atoms with Crippen LogP contribution in [0.2, 0.25) is 0 Å². The van der Waals surface area contributed by atoms with E-state index in [1.807, 2.05) is 60.7 Å². The minimum absolute atomic E-state index is 0.0178. The van der Waals surface area contributed by atoms with Crippen molar-refractivity contribution in [2.45, 2.75) is 10.1 Å². The van der Waals surface area contributed by atoms with Crippen molar-refractivity contribution >= 4 is 23.6 Å². The van der Waals surface area contributed by atoms with Gasteiger partial charge in [-0.1, -0.05) is 54.6 Å². The summed E-state index contributed by atoms with van der Waals surface area (Å²) in [6.45, 7) is 0. The zero-order valence-corrected chi connectivity index (χ0v) is 15.1. The lowest BCUT2D eigenvalue weighted by Crippen LogP contribution is -2.43. The summed E-state index contributed by atoms with van der Waals surface area (Å²) in [4.78, 5) is 25.9. The number of carbonyl (C=O) groups is 2. The van der Waals surface area contributed by atoms with E-state index in [-0.39, 0.29) is 17.2 Å². The molecule has 0 saturated heterocycles. The molecule has 3 N–H and O–H groups in total. The molecule has 0 spiro atoms. The van der Waals surface area contributed by atoms with Crippen LogP contribution in [0.5, 0.6) is 5.75 Å². The van der Waals surface area contributed by atoms with Crippen molar-refractivity contribution in [3.8, 4) is 5.75 Å². The van der Waals surface area contributed by atoms with Gasteiger partial charge in [0, 0.05) is 10.5 Å². The maximum absolute atomic E-state index is 12.8. The number of thioether (sulfide) groups is 1. The molecule has 0 aromatic heterocycles. The van der Waals surface area contributed by atoms with Crippen LogP contribution in [0.1, 0.15) is 21.2 Å². The summed E-state index contributed by atoms with van der Waals surface area (Å²) >= 11 is 1.40. The molecule has 3 aromatic carbocycles. The van der Waals surface area contributed by atoms with E-state index in [9.17, 15) is 14.7 Å². The molecule has 2 amide bonds. The van der Waals surface area contributed by atoms with Gasteiger partial charge in [0.2, 0.25) is 0 Å². The topological polar surface area (TPSA) is 78.4 Å². The van der Waals surface area contributed by atoms with E-state index < -0.39 is 11.2 Å². The van der Waals surface area contributed by atoms with Crippen molar-refractivity contribution in [1.29, 1.82) is 0 Å². The molecule has 0 aliphatic heterocycles. The first-order chi connectivity index (χ1) is 13.1. The van der Waals surface area contributed by atoms with E-state index in [0.717, 1.165) is 10.5 Å². The third-order valence-corrected chi connectivity index (χ3v) is 5.01. The summed E-state index contributed by atoms with van der Waals surface area (Å²) in [5, 5.41) is 8.94. The Labute approximate surface area is 161 Å². The number of aromatic hydroxyl groups is 1.